The SMILES string of the molecule is CNSC(=O)NC(C)C. The van der Waals surface area contributed by atoms with Crippen molar-refractivity contribution in [2.24, 2.45) is 0 Å². The van der Waals surface area contributed by atoms with Crippen molar-refractivity contribution in [1.29, 1.82) is 0 Å². The predicted molar refractivity (Wildman–Crippen MR) is 40.3 cm³/mol. The van der Waals surface area contributed by atoms with Crippen LogP contribution in [0.1, 0.15) is 13.8 Å². The summed E-state index contributed by atoms with van der Waals surface area (Å²) in [4.78, 5) is 10.6. The first-order valence-corrected chi connectivity index (χ1v) is 3.62. The van der Waals surface area contributed by atoms with E-state index in [1.54, 1.807) is 7.05 Å². The van der Waals surface area contributed by atoms with Gasteiger partial charge in [0.25, 0.3) is 5.24 Å². The zero-order chi connectivity index (χ0) is 7.28. The lowest BCUT2D eigenvalue weighted by molar-refractivity contribution is 0.258. The van der Waals surface area contributed by atoms with Gasteiger partial charge in [0.05, 0.1) is 0 Å². The molecule has 3 nitrogen and oxygen atoms in total. The van der Waals surface area contributed by atoms with E-state index in [9.17, 15) is 4.79 Å². The normalized spacial score (nSPS) is 9.78. The molecule has 0 aliphatic heterocycles. The summed E-state index contributed by atoms with van der Waals surface area (Å²) in [5, 5.41) is 2.67. The van der Waals surface area contributed by atoms with Crippen molar-refractivity contribution in [2.75, 3.05) is 7.05 Å². The number of rotatable bonds is 2. The van der Waals surface area contributed by atoms with E-state index in [2.05, 4.69) is 10.0 Å². The van der Waals surface area contributed by atoms with Crippen molar-refractivity contribution in [2.45, 2.75) is 19.9 Å². The summed E-state index contributed by atoms with van der Waals surface area (Å²) < 4.78 is 2.68. The number of nitrogens with one attached hydrogen (secondary N) is 2. The van der Waals surface area contributed by atoms with Crippen molar-refractivity contribution < 1.29 is 4.79 Å². The van der Waals surface area contributed by atoms with Gasteiger partial charge < -0.3 is 5.32 Å². The molecule has 0 fully saturated rings. The molecule has 1 amide bonds. The maximum Gasteiger partial charge on any atom is 0.294 e. The van der Waals surface area contributed by atoms with E-state index in [0.717, 1.165) is 11.9 Å². The fourth-order valence-electron chi connectivity index (χ4n) is 0.358. The monoisotopic (exact) mass is 148 g/mol. The van der Waals surface area contributed by atoms with E-state index >= 15 is 0 Å². The Labute approximate surface area is 59.7 Å². The van der Waals surface area contributed by atoms with Crippen LogP contribution in [-0.2, 0) is 0 Å². The quantitative estimate of drug-likeness (QED) is 0.573. The van der Waals surface area contributed by atoms with Crippen LogP contribution in [0.3, 0.4) is 0 Å². The van der Waals surface area contributed by atoms with Crippen LogP contribution in [0.25, 0.3) is 0 Å². The molecule has 0 radical (unpaired) electrons. The molecule has 9 heavy (non-hydrogen) atoms. The van der Waals surface area contributed by atoms with Crippen LogP contribution in [0.5, 0.6) is 0 Å². The molecule has 0 saturated carbocycles. The Bertz CT molecular complexity index is 95.0. The van der Waals surface area contributed by atoms with Crippen LogP contribution < -0.4 is 10.0 Å². The van der Waals surface area contributed by atoms with E-state index in [-0.39, 0.29) is 11.3 Å². The van der Waals surface area contributed by atoms with Gasteiger partial charge in [-0.3, -0.25) is 9.52 Å². The van der Waals surface area contributed by atoms with Crippen LogP contribution in [-0.4, -0.2) is 18.3 Å². The second kappa shape index (κ2) is 4.64. The lowest BCUT2D eigenvalue weighted by atomic mass is 10.4. The molecule has 4 heteroatoms. The van der Waals surface area contributed by atoms with E-state index < -0.39 is 0 Å². The number of carbonyl (C=O) groups is 1. The molecular formula is C5H12N2OS. The van der Waals surface area contributed by atoms with Crippen LogP contribution in [0.4, 0.5) is 4.79 Å². The number of hydrogen-bond donors (Lipinski definition) is 2. The smallest absolute Gasteiger partial charge is 0.294 e. The molecule has 0 unspecified atom stereocenters. The summed E-state index contributed by atoms with van der Waals surface area (Å²) in [6.45, 7) is 3.85. The van der Waals surface area contributed by atoms with Gasteiger partial charge in [-0.05, 0) is 20.9 Å². The first-order valence-electron chi connectivity index (χ1n) is 2.81. The number of amides is 1. The van der Waals surface area contributed by atoms with E-state index in [1.807, 2.05) is 13.8 Å². The minimum absolute atomic E-state index is 0.0347. The highest BCUT2D eigenvalue weighted by Gasteiger charge is 1.99. The molecule has 0 aromatic heterocycles. The summed E-state index contributed by atoms with van der Waals surface area (Å²) in [5.41, 5.74) is 0. The first-order chi connectivity index (χ1) is 4.16. The Hall–Kier alpha value is -0.220. The first kappa shape index (κ1) is 8.78. The van der Waals surface area contributed by atoms with Gasteiger partial charge in [0.2, 0.25) is 0 Å². The van der Waals surface area contributed by atoms with Gasteiger partial charge in [0, 0.05) is 18.0 Å². The lowest BCUT2D eigenvalue weighted by Gasteiger charge is -2.05. The molecule has 0 rings (SSSR count). The molecule has 0 heterocycles. The molecule has 0 spiro atoms. The summed E-state index contributed by atoms with van der Waals surface area (Å²) in [5.74, 6) is 0. The topological polar surface area (TPSA) is 41.1 Å². The van der Waals surface area contributed by atoms with Gasteiger partial charge in [0.15, 0.2) is 0 Å². The highest BCUT2D eigenvalue weighted by Crippen LogP contribution is 1.92. The molecule has 0 aliphatic carbocycles. The Morgan fingerprint density at radius 3 is 2.44 bits per heavy atom. The van der Waals surface area contributed by atoms with Crippen LogP contribution in [0.15, 0.2) is 0 Å². The third-order valence-electron chi connectivity index (χ3n) is 0.601. The highest BCUT2D eigenvalue weighted by atomic mass is 32.2. The average molecular weight is 148 g/mol. The lowest BCUT2D eigenvalue weighted by Crippen LogP contribution is -2.27. The van der Waals surface area contributed by atoms with Gasteiger partial charge in [0.1, 0.15) is 0 Å². The fraction of sp³-hybridized carbons (Fsp3) is 0.800. The zero-order valence-corrected chi connectivity index (χ0v) is 6.71. The molecule has 0 aromatic carbocycles. The second-order valence-corrected chi connectivity index (χ2v) is 2.88. The molecule has 0 atom stereocenters. The van der Waals surface area contributed by atoms with E-state index in [1.165, 1.54) is 0 Å². The van der Waals surface area contributed by atoms with Crippen LogP contribution in [0, 0.1) is 0 Å². The fourth-order valence-corrected chi connectivity index (χ4v) is 0.838. The Morgan fingerprint density at radius 1 is 1.56 bits per heavy atom. The highest BCUT2D eigenvalue weighted by molar-refractivity contribution is 8.11. The van der Waals surface area contributed by atoms with Crippen LogP contribution in [0.2, 0.25) is 0 Å². The van der Waals surface area contributed by atoms with Crippen molar-refractivity contribution in [3.8, 4) is 0 Å². The predicted octanol–water partition coefficient (Wildman–Crippen LogP) is 0.972. The average Bonchev–Trinajstić information content (AvgIpc) is 1.63. The molecular weight excluding hydrogens is 136 g/mol. The van der Waals surface area contributed by atoms with Crippen molar-refractivity contribution in [1.82, 2.24) is 10.0 Å². The maximum atomic E-state index is 10.6. The van der Waals surface area contributed by atoms with Gasteiger partial charge in [-0.15, -0.1) is 0 Å². The van der Waals surface area contributed by atoms with E-state index in [0.29, 0.717) is 0 Å². The van der Waals surface area contributed by atoms with Gasteiger partial charge in [-0.2, -0.15) is 0 Å². The molecule has 54 valence electrons. The summed E-state index contributed by atoms with van der Waals surface area (Å²) >= 11 is 1.06. The third-order valence-corrected chi connectivity index (χ3v) is 1.11. The third kappa shape index (κ3) is 5.65. The maximum absolute atomic E-state index is 10.6. The Kier molecular flexibility index (Phi) is 4.53. The Balaban J connectivity index is 3.27. The van der Waals surface area contributed by atoms with Gasteiger partial charge in [-0.1, -0.05) is 0 Å². The molecule has 0 aromatic rings. The zero-order valence-electron chi connectivity index (χ0n) is 5.89. The Morgan fingerprint density at radius 2 is 2.11 bits per heavy atom. The molecule has 0 aliphatic rings. The van der Waals surface area contributed by atoms with E-state index in [4.69, 9.17) is 0 Å². The summed E-state index contributed by atoms with van der Waals surface area (Å²) in [6.07, 6.45) is 0. The molecule has 0 saturated heterocycles. The van der Waals surface area contributed by atoms with Crippen LogP contribution >= 0.6 is 11.9 Å². The van der Waals surface area contributed by atoms with Gasteiger partial charge in [-0.25, -0.2) is 0 Å². The van der Waals surface area contributed by atoms with Gasteiger partial charge >= 0.3 is 0 Å². The number of carbonyl (C=O) groups excluding carboxylic acids is 1. The minimum atomic E-state index is -0.0347. The molecule has 2 N–H and O–H groups in total. The minimum Gasteiger partial charge on any atom is -0.344 e. The van der Waals surface area contributed by atoms with Crippen molar-refractivity contribution in [3.05, 3.63) is 0 Å². The summed E-state index contributed by atoms with van der Waals surface area (Å²) in [6, 6.07) is 0.221. The van der Waals surface area contributed by atoms with Crippen molar-refractivity contribution in [3.63, 3.8) is 0 Å². The standard InChI is InChI=1S/C5H12N2OS/c1-4(2)7-5(8)9-6-3/h4,6H,1-3H3,(H,7,8). The second-order valence-electron chi connectivity index (χ2n) is 1.89. The largest absolute Gasteiger partial charge is 0.344 e. The van der Waals surface area contributed by atoms with Crippen molar-refractivity contribution >= 4 is 17.2 Å². The number of hydrogen-bond acceptors (Lipinski definition) is 3. The molecule has 0 bridgehead atoms. The summed E-state index contributed by atoms with van der Waals surface area (Å²) in [7, 11) is 1.71.